The van der Waals surface area contributed by atoms with Crippen LogP contribution in [0.15, 0.2) is 54.6 Å². The first kappa shape index (κ1) is 16.0. The van der Waals surface area contributed by atoms with E-state index >= 15 is 0 Å². The summed E-state index contributed by atoms with van der Waals surface area (Å²) < 4.78 is 0. The molecule has 0 bridgehead atoms. The Labute approximate surface area is 149 Å². The maximum Gasteiger partial charge on any atom is 0.242 e. The molecular weight excluding hydrogens is 310 g/mol. The lowest BCUT2D eigenvalue weighted by atomic mass is 10.1. The van der Waals surface area contributed by atoms with Crippen LogP contribution >= 0.6 is 0 Å². The highest BCUT2D eigenvalue weighted by atomic mass is 16.2. The molecule has 0 aliphatic carbocycles. The fourth-order valence-corrected chi connectivity index (χ4v) is 3.97. The van der Waals surface area contributed by atoms with Crippen LogP contribution < -0.4 is 9.80 Å². The molecular formula is C21H25N3O. The van der Waals surface area contributed by atoms with Gasteiger partial charge < -0.3 is 14.7 Å². The number of carbonyl (C=O) groups is 1. The van der Waals surface area contributed by atoms with Gasteiger partial charge in [-0.2, -0.15) is 0 Å². The molecule has 1 amide bonds. The molecule has 2 aromatic carbocycles. The number of fused-ring (bicyclic) bond motifs is 1. The average Bonchev–Trinajstić information content (AvgIpc) is 2.98. The van der Waals surface area contributed by atoms with Crippen LogP contribution in [0.3, 0.4) is 0 Å². The average molecular weight is 335 g/mol. The first-order valence-corrected chi connectivity index (χ1v) is 9.15. The molecule has 1 atom stereocenters. The lowest BCUT2D eigenvalue weighted by Gasteiger charge is -2.37. The van der Waals surface area contributed by atoms with Crippen molar-refractivity contribution in [3.63, 3.8) is 0 Å². The topological polar surface area (TPSA) is 26.8 Å². The Morgan fingerprint density at radius 2 is 1.64 bits per heavy atom. The van der Waals surface area contributed by atoms with Crippen LogP contribution in [0, 0.1) is 0 Å². The summed E-state index contributed by atoms with van der Waals surface area (Å²) in [6, 6.07) is 19.3. The number of benzene rings is 2. The van der Waals surface area contributed by atoms with Crippen LogP contribution in [0.4, 0.5) is 11.4 Å². The Kier molecular flexibility index (Phi) is 4.35. The van der Waals surface area contributed by atoms with Gasteiger partial charge in [-0.3, -0.25) is 4.79 Å². The number of rotatable bonds is 3. The number of hydrogen-bond donors (Lipinski definition) is 0. The molecule has 1 fully saturated rings. The molecule has 25 heavy (non-hydrogen) atoms. The van der Waals surface area contributed by atoms with Gasteiger partial charge in [0, 0.05) is 43.6 Å². The minimum Gasteiger partial charge on any atom is -0.368 e. The van der Waals surface area contributed by atoms with Gasteiger partial charge in [-0.1, -0.05) is 36.4 Å². The Morgan fingerprint density at radius 3 is 2.40 bits per heavy atom. The lowest BCUT2D eigenvalue weighted by Crippen LogP contribution is -2.51. The van der Waals surface area contributed by atoms with Gasteiger partial charge in [0.1, 0.15) is 0 Å². The molecule has 0 unspecified atom stereocenters. The molecule has 0 spiro atoms. The predicted molar refractivity (Wildman–Crippen MR) is 102 cm³/mol. The third-order valence-corrected chi connectivity index (χ3v) is 5.41. The van der Waals surface area contributed by atoms with Crippen LogP contribution in [-0.2, 0) is 11.2 Å². The monoisotopic (exact) mass is 335 g/mol. The number of amides is 1. The zero-order valence-corrected chi connectivity index (χ0v) is 14.8. The Bertz CT molecular complexity index is 738. The van der Waals surface area contributed by atoms with E-state index in [1.165, 1.54) is 16.9 Å². The Balaban J connectivity index is 1.37. The summed E-state index contributed by atoms with van der Waals surface area (Å²) >= 11 is 0. The molecule has 4 nitrogen and oxygen atoms in total. The summed E-state index contributed by atoms with van der Waals surface area (Å²) in [5.74, 6) is 0.247. The summed E-state index contributed by atoms with van der Waals surface area (Å²) in [6.45, 7) is 6.11. The van der Waals surface area contributed by atoms with Crippen molar-refractivity contribution in [2.45, 2.75) is 19.4 Å². The SMILES string of the molecule is C[C@@H]1Cc2ccccc2N1CC(=O)N1CCN(c2ccccc2)CC1. The number of piperazine rings is 1. The van der Waals surface area contributed by atoms with Crippen LogP contribution in [0.2, 0.25) is 0 Å². The number of hydrogen-bond acceptors (Lipinski definition) is 3. The van der Waals surface area contributed by atoms with E-state index in [2.05, 4.69) is 65.3 Å². The van der Waals surface area contributed by atoms with Crippen molar-refractivity contribution in [1.82, 2.24) is 4.90 Å². The summed E-state index contributed by atoms with van der Waals surface area (Å²) in [4.78, 5) is 19.5. The third-order valence-electron chi connectivity index (χ3n) is 5.41. The maximum atomic E-state index is 12.8. The highest BCUT2D eigenvalue weighted by Gasteiger charge is 2.29. The van der Waals surface area contributed by atoms with Gasteiger partial charge in [-0.05, 0) is 37.1 Å². The van der Waals surface area contributed by atoms with Crippen molar-refractivity contribution in [2.24, 2.45) is 0 Å². The fraction of sp³-hybridized carbons (Fsp3) is 0.381. The molecule has 2 aliphatic heterocycles. The van der Waals surface area contributed by atoms with Gasteiger partial charge in [0.15, 0.2) is 0 Å². The summed E-state index contributed by atoms with van der Waals surface area (Å²) in [6.07, 6.45) is 1.03. The molecule has 0 radical (unpaired) electrons. The quantitative estimate of drug-likeness (QED) is 0.863. The standard InChI is InChI=1S/C21H25N3O/c1-17-15-18-7-5-6-10-20(18)24(17)16-21(25)23-13-11-22(12-14-23)19-8-3-2-4-9-19/h2-10,17H,11-16H2,1H3/t17-/m1/s1. The van der Waals surface area contributed by atoms with Gasteiger partial charge in [0.05, 0.1) is 6.54 Å². The second-order valence-electron chi connectivity index (χ2n) is 7.01. The van der Waals surface area contributed by atoms with Gasteiger partial charge in [-0.25, -0.2) is 0 Å². The van der Waals surface area contributed by atoms with Gasteiger partial charge in [-0.15, -0.1) is 0 Å². The van der Waals surface area contributed by atoms with E-state index in [4.69, 9.17) is 0 Å². The molecule has 2 aliphatic rings. The molecule has 2 heterocycles. The van der Waals surface area contributed by atoms with Gasteiger partial charge in [0.25, 0.3) is 0 Å². The highest BCUT2D eigenvalue weighted by Crippen LogP contribution is 2.31. The van der Waals surface area contributed by atoms with E-state index < -0.39 is 0 Å². The molecule has 2 aromatic rings. The Hall–Kier alpha value is -2.49. The third kappa shape index (κ3) is 3.21. The van der Waals surface area contributed by atoms with Gasteiger partial charge in [0.2, 0.25) is 5.91 Å². The van der Waals surface area contributed by atoms with E-state index in [-0.39, 0.29) is 5.91 Å². The molecule has 4 heteroatoms. The van der Waals surface area contributed by atoms with E-state index in [9.17, 15) is 4.79 Å². The van der Waals surface area contributed by atoms with Crippen molar-refractivity contribution in [2.75, 3.05) is 42.5 Å². The highest BCUT2D eigenvalue weighted by molar-refractivity contribution is 5.83. The smallest absolute Gasteiger partial charge is 0.242 e. The second kappa shape index (κ2) is 6.79. The molecule has 0 N–H and O–H groups in total. The predicted octanol–water partition coefficient (Wildman–Crippen LogP) is 2.79. The summed E-state index contributed by atoms with van der Waals surface area (Å²) in [7, 11) is 0. The molecule has 1 saturated heterocycles. The lowest BCUT2D eigenvalue weighted by molar-refractivity contribution is -0.130. The summed E-state index contributed by atoms with van der Waals surface area (Å²) in [5.41, 5.74) is 3.83. The van der Waals surface area contributed by atoms with Crippen molar-refractivity contribution in [3.8, 4) is 0 Å². The molecule has 130 valence electrons. The Morgan fingerprint density at radius 1 is 0.960 bits per heavy atom. The maximum absolute atomic E-state index is 12.8. The minimum atomic E-state index is 0.247. The molecule has 0 aromatic heterocycles. The van der Waals surface area contributed by atoms with E-state index in [0.717, 1.165) is 32.6 Å². The minimum absolute atomic E-state index is 0.247. The largest absolute Gasteiger partial charge is 0.368 e. The van der Waals surface area contributed by atoms with Crippen molar-refractivity contribution in [3.05, 3.63) is 60.2 Å². The van der Waals surface area contributed by atoms with Gasteiger partial charge >= 0.3 is 0 Å². The van der Waals surface area contributed by atoms with Crippen LogP contribution in [0.25, 0.3) is 0 Å². The second-order valence-corrected chi connectivity index (χ2v) is 7.01. The fourth-order valence-electron chi connectivity index (χ4n) is 3.97. The van der Waals surface area contributed by atoms with Crippen molar-refractivity contribution >= 4 is 17.3 Å². The first-order valence-electron chi connectivity index (χ1n) is 9.15. The first-order chi connectivity index (χ1) is 12.2. The van der Waals surface area contributed by atoms with E-state index in [1.54, 1.807) is 0 Å². The van der Waals surface area contributed by atoms with Crippen LogP contribution in [-0.4, -0.2) is 49.6 Å². The van der Waals surface area contributed by atoms with Crippen molar-refractivity contribution in [1.29, 1.82) is 0 Å². The zero-order chi connectivity index (χ0) is 17.2. The normalized spacial score (nSPS) is 19.9. The summed E-state index contributed by atoms with van der Waals surface area (Å²) in [5, 5.41) is 0. The number of anilines is 2. The number of carbonyl (C=O) groups excluding carboxylic acids is 1. The van der Waals surface area contributed by atoms with Crippen LogP contribution in [0.5, 0.6) is 0 Å². The van der Waals surface area contributed by atoms with Crippen LogP contribution in [0.1, 0.15) is 12.5 Å². The van der Waals surface area contributed by atoms with E-state index in [1.807, 2.05) is 11.0 Å². The number of para-hydroxylation sites is 2. The van der Waals surface area contributed by atoms with E-state index in [0.29, 0.717) is 12.6 Å². The van der Waals surface area contributed by atoms with Crippen molar-refractivity contribution < 1.29 is 4.79 Å². The molecule has 4 rings (SSSR count). The molecule has 0 saturated carbocycles. The number of nitrogens with zero attached hydrogens (tertiary/aromatic N) is 3. The zero-order valence-electron chi connectivity index (χ0n) is 14.8.